The van der Waals surface area contributed by atoms with Gasteiger partial charge in [-0.15, -0.1) is 0 Å². The Hall–Kier alpha value is -3.11. The number of amides is 1. The van der Waals surface area contributed by atoms with Gasteiger partial charge in [0.1, 0.15) is 5.75 Å². The lowest BCUT2D eigenvalue weighted by atomic mass is 10.0. The lowest BCUT2D eigenvalue weighted by Crippen LogP contribution is -2.24. The van der Waals surface area contributed by atoms with E-state index in [0.29, 0.717) is 11.5 Å². The first kappa shape index (κ1) is 21.1. The van der Waals surface area contributed by atoms with E-state index in [0.717, 1.165) is 32.7 Å². The Labute approximate surface area is 191 Å². The van der Waals surface area contributed by atoms with Crippen LogP contribution in [-0.2, 0) is 4.79 Å². The number of carbonyl (C=O) groups excluding carboxylic acids is 1. The second kappa shape index (κ2) is 8.94. The van der Waals surface area contributed by atoms with Crippen LogP contribution in [0.25, 0.3) is 11.8 Å². The van der Waals surface area contributed by atoms with Gasteiger partial charge in [0, 0.05) is 11.3 Å². The monoisotopic (exact) mass is 473 g/mol. The Bertz CT molecular complexity index is 1160. The van der Waals surface area contributed by atoms with Crippen LogP contribution >= 0.6 is 15.9 Å². The van der Waals surface area contributed by atoms with Gasteiger partial charge in [0.25, 0.3) is 5.91 Å². The van der Waals surface area contributed by atoms with Gasteiger partial charge in [-0.2, -0.15) is 0 Å². The molecule has 1 heterocycles. The number of nitrogens with zero attached hydrogens (tertiary/aromatic N) is 1. The van der Waals surface area contributed by atoms with Gasteiger partial charge in [-0.1, -0.05) is 62.4 Å². The maximum atomic E-state index is 13.5. The minimum absolute atomic E-state index is 0.0388. The molecule has 0 aromatic heterocycles. The molecule has 0 spiro atoms. The van der Waals surface area contributed by atoms with Crippen LogP contribution in [0.4, 0.5) is 5.69 Å². The molecule has 0 unspecified atom stereocenters. The first-order valence-electron chi connectivity index (χ1n) is 10.2. The SMILES string of the molecule is COc1ccc(/C=C2\C=C(c3ccccc3)N(c3ccc(C(C)C)cc3)C2=O)cc1Br. The van der Waals surface area contributed by atoms with Gasteiger partial charge in [0.05, 0.1) is 17.3 Å². The highest BCUT2D eigenvalue weighted by molar-refractivity contribution is 9.10. The molecular formula is C27H24BrNO2. The Kier molecular flexibility index (Phi) is 6.10. The quantitative estimate of drug-likeness (QED) is 0.371. The molecule has 0 N–H and O–H groups in total. The lowest BCUT2D eigenvalue weighted by molar-refractivity contribution is -0.113. The molecule has 3 aromatic rings. The van der Waals surface area contributed by atoms with Crippen molar-refractivity contribution in [3.05, 3.63) is 106 Å². The molecule has 0 atom stereocenters. The third-order valence-electron chi connectivity index (χ3n) is 5.37. The third-order valence-corrected chi connectivity index (χ3v) is 5.99. The molecule has 31 heavy (non-hydrogen) atoms. The zero-order valence-electron chi connectivity index (χ0n) is 17.8. The summed E-state index contributed by atoms with van der Waals surface area (Å²) in [7, 11) is 1.63. The second-order valence-corrected chi connectivity index (χ2v) is 8.63. The highest BCUT2D eigenvalue weighted by atomic mass is 79.9. The van der Waals surface area contributed by atoms with Crippen molar-refractivity contribution in [1.82, 2.24) is 0 Å². The summed E-state index contributed by atoms with van der Waals surface area (Å²) in [6, 6.07) is 24.0. The van der Waals surface area contributed by atoms with Crippen molar-refractivity contribution >= 4 is 39.3 Å². The van der Waals surface area contributed by atoms with Crippen molar-refractivity contribution in [1.29, 1.82) is 0 Å². The van der Waals surface area contributed by atoms with Crippen molar-refractivity contribution in [2.45, 2.75) is 19.8 Å². The molecule has 3 aromatic carbocycles. The van der Waals surface area contributed by atoms with Crippen molar-refractivity contribution in [3.8, 4) is 5.75 Å². The fourth-order valence-electron chi connectivity index (χ4n) is 3.65. The largest absolute Gasteiger partial charge is 0.496 e. The number of benzene rings is 3. The molecule has 0 saturated carbocycles. The van der Waals surface area contributed by atoms with Crippen molar-refractivity contribution < 1.29 is 9.53 Å². The molecule has 1 amide bonds. The predicted octanol–water partition coefficient (Wildman–Crippen LogP) is 7.05. The molecule has 156 valence electrons. The molecule has 0 fully saturated rings. The van der Waals surface area contributed by atoms with E-state index in [1.165, 1.54) is 5.56 Å². The van der Waals surface area contributed by atoms with E-state index in [4.69, 9.17) is 4.74 Å². The Morgan fingerprint density at radius 3 is 2.29 bits per heavy atom. The van der Waals surface area contributed by atoms with E-state index in [2.05, 4.69) is 41.9 Å². The standard InChI is InChI=1S/C27H24BrNO2/c1-18(2)20-10-12-23(13-11-20)29-25(21-7-5-4-6-8-21)17-22(27(29)30)15-19-9-14-26(31-3)24(28)16-19/h4-18H,1-3H3/b22-15+. The van der Waals surface area contributed by atoms with Crippen LogP contribution < -0.4 is 9.64 Å². The van der Waals surface area contributed by atoms with Crippen LogP contribution in [0.2, 0.25) is 0 Å². The predicted molar refractivity (Wildman–Crippen MR) is 131 cm³/mol. The maximum absolute atomic E-state index is 13.5. The lowest BCUT2D eigenvalue weighted by Gasteiger charge is -2.21. The Morgan fingerprint density at radius 1 is 0.968 bits per heavy atom. The Balaban J connectivity index is 1.77. The summed E-state index contributed by atoms with van der Waals surface area (Å²) >= 11 is 3.52. The number of rotatable bonds is 5. The first-order valence-corrected chi connectivity index (χ1v) is 11.0. The van der Waals surface area contributed by atoms with E-state index < -0.39 is 0 Å². The van der Waals surface area contributed by atoms with Gasteiger partial charge in [0.15, 0.2) is 0 Å². The minimum Gasteiger partial charge on any atom is -0.496 e. The summed E-state index contributed by atoms with van der Waals surface area (Å²) in [4.78, 5) is 15.3. The number of methoxy groups -OCH3 is 1. The zero-order valence-corrected chi connectivity index (χ0v) is 19.4. The first-order chi connectivity index (χ1) is 15.0. The van der Waals surface area contributed by atoms with Gasteiger partial charge >= 0.3 is 0 Å². The van der Waals surface area contributed by atoms with Crippen molar-refractivity contribution in [3.63, 3.8) is 0 Å². The average Bonchev–Trinajstić information content (AvgIpc) is 3.10. The van der Waals surface area contributed by atoms with Gasteiger partial charge in [0.2, 0.25) is 0 Å². The molecule has 1 aliphatic rings. The van der Waals surface area contributed by atoms with E-state index in [1.807, 2.05) is 72.8 Å². The minimum atomic E-state index is -0.0388. The summed E-state index contributed by atoms with van der Waals surface area (Å²) in [5.41, 5.74) is 5.56. The second-order valence-electron chi connectivity index (χ2n) is 7.78. The number of ether oxygens (including phenoxy) is 1. The van der Waals surface area contributed by atoms with Crippen LogP contribution in [0.3, 0.4) is 0 Å². The molecule has 1 aliphatic heterocycles. The van der Waals surface area contributed by atoms with Crippen LogP contribution in [0.15, 0.2) is 88.9 Å². The highest BCUT2D eigenvalue weighted by Crippen LogP contribution is 2.36. The fraction of sp³-hybridized carbons (Fsp3) is 0.148. The van der Waals surface area contributed by atoms with E-state index >= 15 is 0 Å². The number of halogens is 1. The molecule has 0 radical (unpaired) electrons. The fourth-order valence-corrected chi connectivity index (χ4v) is 4.21. The van der Waals surface area contributed by atoms with Crippen LogP contribution in [0.1, 0.15) is 36.5 Å². The topological polar surface area (TPSA) is 29.5 Å². The summed E-state index contributed by atoms with van der Waals surface area (Å²) in [6.07, 6.45) is 3.88. The van der Waals surface area contributed by atoms with E-state index in [-0.39, 0.29) is 5.91 Å². The normalized spacial score (nSPS) is 15.0. The summed E-state index contributed by atoms with van der Waals surface area (Å²) in [5.74, 6) is 1.16. The number of hydrogen-bond acceptors (Lipinski definition) is 2. The zero-order chi connectivity index (χ0) is 22.0. The van der Waals surface area contributed by atoms with Gasteiger partial charge < -0.3 is 4.74 Å². The number of hydrogen-bond donors (Lipinski definition) is 0. The molecule has 0 saturated heterocycles. The number of anilines is 1. The third kappa shape index (κ3) is 4.35. The van der Waals surface area contributed by atoms with Crippen molar-refractivity contribution in [2.75, 3.05) is 12.0 Å². The molecule has 4 heteroatoms. The van der Waals surface area contributed by atoms with Gasteiger partial charge in [-0.3, -0.25) is 9.69 Å². The van der Waals surface area contributed by atoms with E-state index in [9.17, 15) is 4.79 Å². The molecule has 3 nitrogen and oxygen atoms in total. The van der Waals surface area contributed by atoms with E-state index in [1.54, 1.807) is 12.0 Å². The van der Waals surface area contributed by atoms with Crippen LogP contribution in [0.5, 0.6) is 5.75 Å². The maximum Gasteiger partial charge on any atom is 0.262 e. The van der Waals surface area contributed by atoms with Gasteiger partial charge in [-0.25, -0.2) is 0 Å². The Morgan fingerprint density at radius 2 is 1.68 bits per heavy atom. The molecule has 0 aliphatic carbocycles. The summed E-state index contributed by atoms with van der Waals surface area (Å²) in [6.45, 7) is 4.33. The summed E-state index contributed by atoms with van der Waals surface area (Å²) < 4.78 is 6.16. The highest BCUT2D eigenvalue weighted by Gasteiger charge is 2.30. The van der Waals surface area contributed by atoms with Crippen LogP contribution in [0, 0.1) is 0 Å². The smallest absolute Gasteiger partial charge is 0.262 e. The molecule has 0 bridgehead atoms. The van der Waals surface area contributed by atoms with Gasteiger partial charge in [-0.05, 0) is 75.0 Å². The average molecular weight is 474 g/mol. The molecular weight excluding hydrogens is 450 g/mol. The van der Waals surface area contributed by atoms with Crippen LogP contribution in [-0.4, -0.2) is 13.0 Å². The van der Waals surface area contributed by atoms with Crippen molar-refractivity contribution in [2.24, 2.45) is 0 Å². The molecule has 4 rings (SSSR count). The number of carbonyl (C=O) groups is 1. The summed E-state index contributed by atoms with van der Waals surface area (Å²) in [5, 5.41) is 0.